The molecule has 0 aliphatic carbocycles. The number of aliphatic carboxylic acids is 1. The first-order valence-corrected chi connectivity index (χ1v) is 11.8. The number of H-pyrrole nitrogens is 1. The Labute approximate surface area is 217 Å². The van der Waals surface area contributed by atoms with Gasteiger partial charge < -0.3 is 29.6 Å². The molecule has 0 fully saturated rings. The average Bonchev–Trinajstić information content (AvgIpc) is 3.47. The normalized spacial score (nSPS) is 14.1. The Kier molecular flexibility index (Phi) is 6.82. The van der Waals surface area contributed by atoms with Gasteiger partial charge in [-0.2, -0.15) is 0 Å². The van der Waals surface area contributed by atoms with E-state index in [2.05, 4.69) is 10.3 Å². The smallest absolute Gasteiger partial charge is 0.326 e. The summed E-state index contributed by atoms with van der Waals surface area (Å²) in [5, 5.41) is 13.1. The van der Waals surface area contributed by atoms with Gasteiger partial charge in [0.1, 0.15) is 23.3 Å². The third-order valence-electron chi connectivity index (χ3n) is 6.14. The van der Waals surface area contributed by atoms with E-state index >= 15 is 0 Å². The van der Waals surface area contributed by atoms with Crippen molar-refractivity contribution in [3.63, 3.8) is 0 Å². The van der Waals surface area contributed by atoms with E-state index in [1.807, 2.05) is 36.4 Å². The van der Waals surface area contributed by atoms with Gasteiger partial charge >= 0.3 is 5.97 Å². The van der Waals surface area contributed by atoms with Crippen molar-refractivity contribution >= 4 is 34.6 Å². The Balaban J connectivity index is 1.21. The quantitative estimate of drug-likeness (QED) is 0.290. The Hall–Kier alpha value is -5.05. The first kappa shape index (κ1) is 24.6. The molecule has 3 N–H and O–H groups in total. The number of methoxy groups -OCH3 is 1. The lowest BCUT2D eigenvalue weighted by molar-refractivity contribution is -0.142. The number of ketones is 1. The molecule has 0 spiro atoms. The first-order valence-electron chi connectivity index (χ1n) is 11.8. The Morgan fingerprint density at radius 2 is 1.92 bits per heavy atom. The number of hydrogen-bond donors (Lipinski definition) is 3. The molecule has 1 aliphatic heterocycles. The van der Waals surface area contributed by atoms with Gasteiger partial charge in [0.05, 0.1) is 12.7 Å². The predicted octanol–water partition coefficient (Wildman–Crippen LogP) is 3.98. The number of carboxylic acid groups (broad SMARTS) is 1. The van der Waals surface area contributed by atoms with Gasteiger partial charge in [-0.15, -0.1) is 0 Å². The second-order valence-electron chi connectivity index (χ2n) is 8.68. The molecule has 9 nitrogen and oxygen atoms in total. The van der Waals surface area contributed by atoms with Gasteiger partial charge in [0.2, 0.25) is 5.78 Å². The lowest BCUT2D eigenvalue weighted by atomic mass is 10.1. The number of fused-ring (bicyclic) bond motifs is 2. The lowest BCUT2D eigenvalue weighted by Crippen LogP contribution is -2.44. The zero-order valence-electron chi connectivity index (χ0n) is 20.4. The van der Waals surface area contributed by atoms with Crippen LogP contribution in [0, 0.1) is 0 Å². The van der Waals surface area contributed by atoms with Crippen LogP contribution in [0.5, 0.6) is 17.2 Å². The summed E-state index contributed by atoms with van der Waals surface area (Å²) in [6.45, 7) is -0.406. The van der Waals surface area contributed by atoms with Crippen LogP contribution in [0.25, 0.3) is 17.0 Å². The Bertz CT molecular complexity index is 1570. The van der Waals surface area contributed by atoms with Crippen LogP contribution in [0.1, 0.15) is 21.5 Å². The number of amides is 1. The number of aromatic nitrogens is 1. The number of allylic oxidation sites excluding steroid dienone is 1. The van der Waals surface area contributed by atoms with Crippen LogP contribution >= 0.6 is 0 Å². The van der Waals surface area contributed by atoms with E-state index in [1.165, 1.54) is 6.07 Å². The fourth-order valence-electron chi connectivity index (χ4n) is 4.25. The number of nitrogens with one attached hydrogen (secondary N) is 2. The Morgan fingerprint density at radius 1 is 1.08 bits per heavy atom. The number of carbonyl (C=O) groups is 3. The molecular formula is C29H24N2O7. The van der Waals surface area contributed by atoms with Crippen LogP contribution in [0.4, 0.5) is 0 Å². The van der Waals surface area contributed by atoms with Crippen molar-refractivity contribution < 1.29 is 33.7 Å². The molecule has 38 heavy (non-hydrogen) atoms. The van der Waals surface area contributed by atoms with Gasteiger partial charge in [-0.25, -0.2) is 4.79 Å². The molecule has 1 amide bonds. The molecule has 0 radical (unpaired) electrons. The minimum Gasteiger partial charge on any atom is -0.497 e. The minimum atomic E-state index is -1.15. The van der Waals surface area contributed by atoms with Crippen molar-refractivity contribution in [2.24, 2.45) is 0 Å². The van der Waals surface area contributed by atoms with Crippen LogP contribution in [-0.2, 0) is 16.0 Å². The first-order chi connectivity index (χ1) is 18.4. The number of aromatic amines is 1. The lowest BCUT2D eigenvalue weighted by Gasteiger charge is -2.15. The fourth-order valence-corrected chi connectivity index (χ4v) is 4.25. The van der Waals surface area contributed by atoms with E-state index in [1.54, 1.807) is 43.6 Å². The van der Waals surface area contributed by atoms with Gasteiger partial charge in [-0.3, -0.25) is 9.59 Å². The zero-order chi connectivity index (χ0) is 26.6. The van der Waals surface area contributed by atoms with Crippen molar-refractivity contribution in [1.82, 2.24) is 10.3 Å². The third-order valence-corrected chi connectivity index (χ3v) is 6.14. The van der Waals surface area contributed by atoms with Gasteiger partial charge in [-0.05, 0) is 47.5 Å². The summed E-state index contributed by atoms with van der Waals surface area (Å²) in [5.41, 5.74) is 2.79. The van der Waals surface area contributed by atoms with Crippen LogP contribution < -0.4 is 19.5 Å². The Morgan fingerprint density at radius 3 is 2.74 bits per heavy atom. The molecule has 5 rings (SSSR count). The van der Waals surface area contributed by atoms with Crippen LogP contribution in [0.3, 0.4) is 0 Å². The molecule has 0 unspecified atom stereocenters. The number of Topliss-reactive ketones (excluding diaryl/α,β-unsaturated/α-hetero) is 1. The number of benzene rings is 3. The van der Waals surface area contributed by atoms with E-state index in [4.69, 9.17) is 14.2 Å². The highest BCUT2D eigenvalue weighted by atomic mass is 16.5. The van der Waals surface area contributed by atoms with Crippen LogP contribution in [0.2, 0.25) is 0 Å². The maximum atomic E-state index is 12.7. The van der Waals surface area contributed by atoms with Gasteiger partial charge in [-0.1, -0.05) is 30.3 Å². The van der Waals surface area contributed by atoms with E-state index in [0.29, 0.717) is 22.8 Å². The maximum absolute atomic E-state index is 12.7. The number of hydrogen-bond acceptors (Lipinski definition) is 6. The number of carboxylic acids is 1. The van der Waals surface area contributed by atoms with E-state index in [-0.39, 0.29) is 18.0 Å². The highest BCUT2D eigenvalue weighted by Crippen LogP contribution is 2.35. The van der Waals surface area contributed by atoms with Gasteiger partial charge in [0.15, 0.2) is 12.4 Å². The average molecular weight is 513 g/mol. The molecular weight excluding hydrogens is 488 g/mol. The minimum absolute atomic E-state index is 0.113. The monoisotopic (exact) mass is 512 g/mol. The summed E-state index contributed by atoms with van der Waals surface area (Å²) in [6, 6.07) is 18.3. The van der Waals surface area contributed by atoms with Crippen LogP contribution in [-0.4, -0.2) is 47.5 Å². The number of carbonyl (C=O) groups excluding carboxylic acids is 2. The van der Waals surface area contributed by atoms with E-state index in [0.717, 1.165) is 22.0 Å². The summed E-state index contributed by atoms with van der Waals surface area (Å²) >= 11 is 0. The second kappa shape index (κ2) is 10.5. The summed E-state index contributed by atoms with van der Waals surface area (Å²) in [4.78, 5) is 40.2. The van der Waals surface area contributed by atoms with Gasteiger partial charge in [0, 0.05) is 29.6 Å². The highest BCUT2D eigenvalue weighted by molar-refractivity contribution is 6.14. The highest BCUT2D eigenvalue weighted by Gasteiger charge is 2.28. The summed E-state index contributed by atoms with van der Waals surface area (Å²) in [6.07, 6.45) is 3.48. The number of para-hydroxylation sites is 1. The molecule has 9 heteroatoms. The molecule has 0 saturated heterocycles. The van der Waals surface area contributed by atoms with Crippen molar-refractivity contribution in [3.8, 4) is 17.2 Å². The van der Waals surface area contributed by atoms with Crippen LogP contribution in [0.15, 0.2) is 78.7 Å². The summed E-state index contributed by atoms with van der Waals surface area (Å²) < 4.78 is 16.5. The molecule has 0 saturated carbocycles. The topological polar surface area (TPSA) is 127 Å². The van der Waals surface area contributed by atoms with E-state index < -0.39 is 24.5 Å². The second-order valence-corrected chi connectivity index (χ2v) is 8.68. The van der Waals surface area contributed by atoms with Crippen molar-refractivity contribution in [3.05, 3.63) is 95.4 Å². The maximum Gasteiger partial charge on any atom is 0.326 e. The fraction of sp³-hybridized carbons (Fsp3) is 0.138. The SMILES string of the molecule is COc1cccc(/C=C2\Oc3cc(OCC(=O)N[C@H](Cc4c[nH]c5ccccc45)C(=O)O)ccc3C2=O)c1. The largest absolute Gasteiger partial charge is 0.497 e. The van der Waals surface area contributed by atoms with Crippen molar-refractivity contribution in [2.75, 3.05) is 13.7 Å². The predicted molar refractivity (Wildman–Crippen MR) is 139 cm³/mol. The molecule has 1 aromatic heterocycles. The van der Waals surface area contributed by atoms with Crippen molar-refractivity contribution in [2.45, 2.75) is 12.5 Å². The zero-order valence-corrected chi connectivity index (χ0v) is 20.4. The van der Waals surface area contributed by atoms with E-state index in [9.17, 15) is 19.5 Å². The molecule has 1 atom stereocenters. The molecule has 2 heterocycles. The molecule has 0 bridgehead atoms. The molecule has 4 aromatic rings. The van der Waals surface area contributed by atoms with Crippen molar-refractivity contribution in [1.29, 1.82) is 0 Å². The van der Waals surface area contributed by atoms with Gasteiger partial charge in [0.25, 0.3) is 5.91 Å². The summed E-state index contributed by atoms with van der Waals surface area (Å²) in [7, 11) is 1.56. The molecule has 1 aliphatic rings. The third kappa shape index (κ3) is 5.22. The number of rotatable bonds is 9. The molecule has 3 aromatic carbocycles. The standard InChI is InChI=1S/C29H24N2O7/c1-36-19-6-4-5-17(11-19)12-26-28(33)22-10-9-20(14-25(22)38-26)37-16-27(32)31-24(29(34)35)13-18-15-30-23-8-3-2-7-21(18)23/h2-12,14-15,24,30H,13,16H2,1H3,(H,31,32)(H,34,35)/b26-12-/t24-/m1/s1. The summed E-state index contributed by atoms with van der Waals surface area (Å²) in [5.74, 6) is -0.583. The molecule has 192 valence electrons. The number of ether oxygens (including phenoxy) is 3.